The van der Waals surface area contributed by atoms with Crippen LogP contribution in [0.15, 0.2) is 47.3 Å². The van der Waals surface area contributed by atoms with Crippen LogP contribution in [0, 0.1) is 12.7 Å². The Morgan fingerprint density at radius 2 is 1.77 bits per heavy atom. The molecule has 0 aliphatic carbocycles. The van der Waals surface area contributed by atoms with E-state index in [2.05, 4.69) is 0 Å². The Hall–Kier alpha value is -2.62. The lowest BCUT2D eigenvalue weighted by atomic mass is 10.0. The molecular weight excluding hydrogens is 281 g/mol. The third-order valence-electron chi connectivity index (χ3n) is 4.04. The smallest absolute Gasteiger partial charge is 0.197 e. The quantitative estimate of drug-likeness (QED) is 0.723. The van der Waals surface area contributed by atoms with Crippen LogP contribution in [0.2, 0.25) is 0 Å². The molecule has 0 aliphatic heterocycles. The lowest BCUT2D eigenvalue weighted by Crippen LogP contribution is -2.14. The van der Waals surface area contributed by atoms with Gasteiger partial charge in [0.2, 0.25) is 0 Å². The molecule has 0 N–H and O–H groups in total. The van der Waals surface area contributed by atoms with E-state index in [0.717, 1.165) is 22.5 Å². The summed E-state index contributed by atoms with van der Waals surface area (Å²) in [5.74, 6) is 0.319. The highest BCUT2D eigenvalue weighted by Gasteiger charge is 2.14. The normalized spacial score (nSPS) is 10.9. The number of pyridine rings is 1. The predicted octanol–water partition coefficient (Wildman–Crippen LogP) is 3.66. The molecule has 0 amide bonds. The Bertz CT molecular complexity index is 911. The molecule has 0 saturated carbocycles. The molecule has 4 heteroatoms. The molecule has 22 heavy (non-hydrogen) atoms. The summed E-state index contributed by atoms with van der Waals surface area (Å²) in [6.45, 7) is 1.89. The van der Waals surface area contributed by atoms with Crippen molar-refractivity contribution < 1.29 is 9.13 Å². The fraction of sp³-hybridized carbons (Fsp3) is 0.167. The van der Waals surface area contributed by atoms with E-state index in [1.165, 1.54) is 12.1 Å². The number of aryl methyl sites for hydroxylation is 1. The minimum Gasteiger partial charge on any atom is -0.497 e. The molecule has 3 rings (SSSR count). The van der Waals surface area contributed by atoms with E-state index >= 15 is 0 Å². The lowest BCUT2D eigenvalue weighted by Gasteiger charge is -2.14. The summed E-state index contributed by atoms with van der Waals surface area (Å²) in [6.07, 6.45) is 0. The van der Waals surface area contributed by atoms with Crippen molar-refractivity contribution in [2.75, 3.05) is 7.11 Å². The Kier molecular flexibility index (Phi) is 3.45. The molecule has 112 valence electrons. The first-order chi connectivity index (χ1) is 10.5. The van der Waals surface area contributed by atoms with Crippen LogP contribution in [-0.2, 0) is 7.05 Å². The third-order valence-corrected chi connectivity index (χ3v) is 4.04. The highest BCUT2D eigenvalue weighted by atomic mass is 19.1. The van der Waals surface area contributed by atoms with Gasteiger partial charge in [0.05, 0.1) is 12.6 Å². The van der Waals surface area contributed by atoms with Crippen LogP contribution in [0.1, 0.15) is 5.69 Å². The molecular formula is C18H16FNO2. The van der Waals surface area contributed by atoms with Crippen molar-refractivity contribution in [3.8, 4) is 16.9 Å². The van der Waals surface area contributed by atoms with Gasteiger partial charge < -0.3 is 9.30 Å². The van der Waals surface area contributed by atoms with E-state index in [9.17, 15) is 9.18 Å². The number of aromatic nitrogens is 1. The van der Waals surface area contributed by atoms with Crippen LogP contribution in [0.5, 0.6) is 5.75 Å². The first kappa shape index (κ1) is 14.3. The third kappa shape index (κ3) is 2.17. The molecule has 0 atom stereocenters. The molecule has 0 radical (unpaired) electrons. The summed E-state index contributed by atoms with van der Waals surface area (Å²) in [5.41, 5.74) is 2.79. The van der Waals surface area contributed by atoms with Gasteiger partial charge in [-0.05, 0) is 42.8 Å². The van der Waals surface area contributed by atoms with Gasteiger partial charge in [-0.1, -0.05) is 12.1 Å². The summed E-state index contributed by atoms with van der Waals surface area (Å²) in [4.78, 5) is 12.8. The zero-order valence-electron chi connectivity index (χ0n) is 12.7. The van der Waals surface area contributed by atoms with E-state index in [1.54, 1.807) is 13.2 Å². The lowest BCUT2D eigenvalue weighted by molar-refractivity contribution is 0.415. The Labute approximate surface area is 127 Å². The molecule has 2 aromatic carbocycles. The highest BCUT2D eigenvalue weighted by molar-refractivity contribution is 5.85. The Morgan fingerprint density at radius 1 is 1.09 bits per heavy atom. The average molecular weight is 297 g/mol. The number of ether oxygens (including phenoxy) is 1. The van der Waals surface area contributed by atoms with Crippen molar-refractivity contribution in [3.05, 3.63) is 64.2 Å². The zero-order chi connectivity index (χ0) is 15.9. The number of hydrogen-bond donors (Lipinski definition) is 0. The summed E-state index contributed by atoms with van der Waals surface area (Å²) < 4.78 is 20.6. The summed E-state index contributed by atoms with van der Waals surface area (Å²) in [6, 6.07) is 11.6. The van der Waals surface area contributed by atoms with Crippen molar-refractivity contribution in [1.82, 2.24) is 4.57 Å². The van der Waals surface area contributed by atoms with E-state index in [-0.39, 0.29) is 5.43 Å². The van der Waals surface area contributed by atoms with E-state index < -0.39 is 5.82 Å². The number of methoxy groups -OCH3 is 1. The van der Waals surface area contributed by atoms with E-state index in [0.29, 0.717) is 10.9 Å². The Balaban J connectivity index is 2.35. The van der Waals surface area contributed by atoms with E-state index in [1.807, 2.05) is 42.8 Å². The largest absolute Gasteiger partial charge is 0.497 e. The number of halogens is 1. The van der Waals surface area contributed by atoms with Crippen molar-refractivity contribution in [2.45, 2.75) is 6.92 Å². The van der Waals surface area contributed by atoms with Gasteiger partial charge in [0.1, 0.15) is 11.6 Å². The molecule has 3 nitrogen and oxygen atoms in total. The minimum absolute atomic E-state index is 0.157. The van der Waals surface area contributed by atoms with Gasteiger partial charge in [-0.15, -0.1) is 0 Å². The standard InChI is InChI=1S/C18H16FNO2/c1-11-17(12-4-7-14(22-3)8-5-12)18(21)15-10-13(19)6-9-16(15)20(11)2/h4-10H,1-3H3. The number of hydrogen-bond acceptors (Lipinski definition) is 2. The van der Waals surface area contributed by atoms with Gasteiger partial charge in [0.25, 0.3) is 0 Å². The molecule has 1 heterocycles. The first-order valence-electron chi connectivity index (χ1n) is 6.96. The van der Waals surface area contributed by atoms with Crippen molar-refractivity contribution >= 4 is 10.9 Å². The molecule has 0 spiro atoms. The van der Waals surface area contributed by atoms with Crippen LogP contribution < -0.4 is 10.2 Å². The SMILES string of the molecule is COc1ccc(-c2c(C)n(C)c3ccc(F)cc3c2=O)cc1. The second kappa shape index (κ2) is 5.30. The zero-order valence-corrected chi connectivity index (χ0v) is 12.7. The van der Waals surface area contributed by atoms with Gasteiger partial charge in [0, 0.05) is 23.7 Å². The van der Waals surface area contributed by atoms with Crippen LogP contribution in [0.4, 0.5) is 4.39 Å². The van der Waals surface area contributed by atoms with Gasteiger partial charge in [-0.3, -0.25) is 4.79 Å². The first-order valence-corrected chi connectivity index (χ1v) is 6.96. The van der Waals surface area contributed by atoms with E-state index in [4.69, 9.17) is 4.74 Å². The highest BCUT2D eigenvalue weighted by Crippen LogP contribution is 2.25. The average Bonchev–Trinajstić information content (AvgIpc) is 2.53. The molecule has 0 fully saturated rings. The van der Waals surface area contributed by atoms with Gasteiger partial charge in [-0.2, -0.15) is 0 Å². The molecule has 0 bridgehead atoms. The minimum atomic E-state index is -0.408. The van der Waals surface area contributed by atoms with Crippen molar-refractivity contribution in [2.24, 2.45) is 7.05 Å². The second-order valence-electron chi connectivity index (χ2n) is 5.24. The molecule has 0 unspecified atom stereocenters. The van der Waals surface area contributed by atoms with Crippen molar-refractivity contribution in [3.63, 3.8) is 0 Å². The van der Waals surface area contributed by atoms with Crippen LogP contribution in [0.3, 0.4) is 0 Å². The topological polar surface area (TPSA) is 31.2 Å². The summed E-state index contributed by atoms with van der Waals surface area (Å²) >= 11 is 0. The monoisotopic (exact) mass is 297 g/mol. The predicted molar refractivity (Wildman–Crippen MR) is 85.9 cm³/mol. The van der Waals surface area contributed by atoms with Crippen LogP contribution >= 0.6 is 0 Å². The number of rotatable bonds is 2. The molecule has 1 aromatic heterocycles. The van der Waals surface area contributed by atoms with Gasteiger partial charge >= 0.3 is 0 Å². The number of fused-ring (bicyclic) bond motifs is 1. The number of benzene rings is 2. The Morgan fingerprint density at radius 3 is 2.41 bits per heavy atom. The van der Waals surface area contributed by atoms with Gasteiger partial charge in [-0.25, -0.2) is 4.39 Å². The van der Waals surface area contributed by atoms with Crippen LogP contribution in [-0.4, -0.2) is 11.7 Å². The second-order valence-corrected chi connectivity index (χ2v) is 5.24. The van der Waals surface area contributed by atoms with Crippen LogP contribution in [0.25, 0.3) is 22.0 Å². The summed E-state index contributed by atoms with van der Waals surface area (Å²) in [5, 5.41) is 0.388. The molecule has 0 saturated heterocycles. The fourth-order valence-corrected chi connectivity index (χ4v) is 2.73. The fourth-order valence-electron chi connectivity index (χ4n) is 2.73. The maximum atomic E-state index is 13.5. The summed E-state index contributed by atoms with van der Waals surface area (Å²) in [7, 11) is 3.47. The maximum Gasteiger partial charge on any atom is 0.197 e. The molecule has 3 aromatic rings. The number of nitrogens with zero attached hydrogens (tertiary/aromatic N) is 1. The van der Waals surface area contributed by atoms with Crippen molar-refractivity contribution in [1.29, 1.82) is 0 Å². The molecule has 0 aliphatic rings. The van der Waals surface area contributed by atoms with Gasteiger partial charge in [0.15, 0.2) is 5.43 Å². The maximum absolute atomic E-state index is 13.5.